The van der Waals surface area contributed by atoms with Gasteiger partial charge in [-0.2, -0.15) is 0 Å². The molecule has 2 aromatic carbocycles. The lowest BCUT2D eigenvalue weighted by Gasteiger charge is -2.05. The minimum absolute atomic E-state index is 0.177. The van der Waals surface area contributed by atoms with Gasteiger partial charge in [-0.25, -0.2) is 4.79 Å². The highest BCUT2D eigenvalue weighted by Gasteiger charge is 2.31. The summed E-state index contributed by atoms with van der Waals surface area (Å²) in [6, 6.07) is 14.1. The molecular formula is C23H30O2P+. The first-order valence-electron chi connectivity index (χ1n) is 9.05. The monoisotopic (exact) mass is 369 g/mol. The van der Waals surface area contributed by atoms with Crippen molar-refractivity contribution >= 4 is 18.9 Å². The minimum atomic E-state index is -1.75. The van der Waals surface area contributed by atoms with Crippen molar-refractivity contribution in [3.8, 4) is 0 Å². The lowest BCUT2D eigenvalue weighted by molar-refractivity contribution is 0.107. The van der Waals surface area contributed by atoms with Gasteiger partial charge in [0.25, 0.3) is 0 Å². The fourth-order valence-corrected chi connectivity index (χ4v) is 4.18. The number of rotatable bonds is 6. The van der Waals surface area contributed by atoms with Gasteiger partial charge < -0.3 is 0 Å². The Morgan fingerprint density at radius 1 is 1.04 bits per heavy atom. The second-order valence-corrected chi connectivity index (χ2v) is 8.29. The van der Waals surface area contributed by atoms with Crippen LogP contribution in [0.1, 0.15) is 59.3 Å². The van der Waals surface area contributed by atoms with Gasteiger partial charge in [-0.05, 0) is 50.8 Å². The molecule has 2 rings (SSSR count). The number of aryl methyl sites for hydroxylation is 3. The predicted octanol–water partition coefficient (Wildman–Crippen LogP) is 7.10. The lowest BCUT2D eigenvalue weighted by atomic mass is 10.0. The maximum atomic E-state index is 12.1. The third-order valence-corrected chi connectivity index (χ3v) is 5.50. The number of hydrogen-bond acceptors (Lipinski definition) is 2. The van der Waals surface area contributed by atoms with Gasteiger partial charge in [-0.1, -0.05) is 78.1 Å². The molecule has 0 radical (unpaired) electrons. The van der Waals surface area contributed by atoms with E-state index in [4.69, 9.17) is 0 Å². The van der Waals surface area contributed by atoms with Crippen LogP contribution in [-0.2, 0) is 4.57 Å². The summed E-state index contributed by atoms with van der Waals surface area (Å²) >= 11 is 0. The Balaban J connectivity index is 0.000000314. The van der Waals surface area contributed by atoms with Crippen LogP contribution in [0.25, 0.3) is 5.57 Å². The molecule has 0 saturated carbocycles. The zero-order chi connectivity index (χ0) is 19.7. The number of allylic oxidation sites excluding steroid dienone is 1. The third kappa shape index (κ3) is 6.69. The summed E-state index contributed by atoms with van der Waals surface area (Å²) in [5.74, 6) is 0. The molecule has 0 bridgehead atoms. The number of hydrogen-bond donors (Lipinski definition) is 0. The molecular weight excluding hydrogens is 339 g/mol. The van der Waals surface area contributed by atoms with Crippen molar-refractivity contribution in [3.05, 3.63) is 76.9 Å². The maximum Gasteiger partial charge on any atom is 0.420 e. The van der Waals surface area contributed by atoms with Gasteiger partial charge in [0.2, 0.25) is 0 Å². The first kappa shape index (κ1) is 22.0. The first-order valence-corrected chi connectivity index (χ1v) is 10.5. The van der Waals surface area contributed by atoms with Crippen molar-refractivity contribution in [1.29, 1.82) is 0 Å². The van der Waals surface area contributed by atoms with E-state index in [2.05, 4.69) is 18.7 Å². The summed E-state index contributed by atoms with van der Waals surface area (Å²) in [6.07, 6.45) is 2.34. The van der Waals surface area contributed by atoms with E-state index in [0.29, 0.717) is 11.7 Å². The number of carbonyl (C=O) groups excluding carboxylic acids is 1. The molecule has 0 spiro atoms. The normalized spacial score (nSPS) is 10.6. The van der Waals surface area contributed by atoms with E-state index in [1.165, 1.54) is 5.56 Å². The zero-order valence-electron chi connectivity index (χ0n) is 16.6. The van der Waals surface area contributed by atoms with Crippen LogP contribution in [0.4, 0.5) is 0 Å². The highest BCUT2D eigenvalue weighted by Crippen LogP contribution is 2.31. The van der Waals surface area contributed by atoms with Gasteiger partial charge >= 0.3 is 13.3 Å². The molecule has 0 aliphatic heterocycles. The molecule has 0 fully saturated rings. The second kappa shape index (κ2) is 10.8. The largest absolute Gasteiger partial charge is 0.420 e. The van der Waals surface area contributed by atoms with E-state index < -0.39 is 7.80 Å². The Morgan fingerprint density at radius 2 is 1.58 bits per heavy atom. The average molecular weight is 369 g/mol. The van der Waals surface area contributed by atoms with Crippen molar-refractivity contribution in [2.24, 2.45) is 0 Å². The summed E-state index contributed by atoms with van der Waals surface area (Å²) in [4.78, 5) is 12.1. The summed E-state index contributed by atoms with van der Waals surface area (Å²) in [5.41, 5.74) is 5.84. The molecule has 0 aliphatic carbocycles. The smallest absolute Gasteiger partial charge is 0.234 e. The van der Waals surface area contributed by atoms with Crippen LogP contribution in [0.2, 0.25) is 0 Å². The number of carbonyl (C=O) groups is 1. The minimum Gasteiger partial charge on any atom is -0.234 e. The van der Waals surface area contributed by atoms with E-state index in [-0.39, 0.29) is 5.52 Å². The Hall–Kier alpha value is -2.05. The van der Waals surface area contributed by atoms with Crippen molar-refractivity contribution in [3.63, 3.8) is 0 Å². The molecule has 138 valence electrons. The van der Waals surface area contributed by atoms with Crippen LogP contribution < -0.4 is 0 Å². The fraction of sp³-hybridized carbons (Fsp3) is 0.348. The highest BCUT2D eigenvalue weighted by molar-refractivity contribution is 7.64. The van der Waals surface area contributed by atoms with Crippen LogP contribution in [0.5, 0.6) is 0 Å². The van der Waals surface area contributed by atoms with Crippen LogP contribution in [0.15, 0.2) is 49.0 Å². The molecule has 0 amide bonds. The zero-order valence-corrected chi connectivity index (χ0v) is 17.5. The Bertz CT molecular complexity index is 753. The molecule has 0 aromatic heterocycles. The van der Waals surface area contributed by atoms with Crippen LogP contribution in [-0.4, -0.2) is 11.7 Å². The highest BCUT2D eigenvalue weighted by atomic mass is 31.1. The fourth-order valence-electron chi connectivity index (χ4n) is 2.77. The van der Waals surface area contributed by atoms with E-state index in [1.54, 1.807) is 0 Å². The van der Waals surface area contributed by atoms with Gasteiger partial charge in [0.15, 0.2) is 6.16 Å². The second-order valence-electron chi connectivity index (χ2n) is 6.68. The summed E-state index contributed by atoms with van der Waals surface area (Å²) in [7, 11) is -1.75. The molecule has 26 heavy (non-hydrogen) atoms. The molecule has 0 saturated heterocycles. The molecule has 2 nitrogen and oxygen atoms in total. The van der Waals surface area contributed by atoms with Crippen LogP contribution in [0, 0.1) is 20.8 Å². The van der Waals surface area contributed by atoms with Crippen molar-refractivity contribution in [2.45, 2.75) is 47.5 Å². The van der Waals surface area contributed by atoms with E-state index in [1.807, 2.05) is 65.0 Å². The van der Waals surface area contributed by atoms with Crippen LogP contribution >= 0.6 is 7.80 Å². The quantitative estimate of drug-likeness (QED) is 0.509. The van der Waals surface area contributed by atoms with Crippen LogP contribution in [0.3, 0.4) is 0 Å². The molecule has 1 unspecified atom stereocenters. The number of unbranched alkanes of at least 4 members (excludes halogenated alkanes) is 1. The molecule has 0 N–H and O–H groups in total. The molecule has 3 heteroatoms. The van der Waals surface area contributed by atoms with E-state index >= 15 is 0 Å². The van der Waals surface area contributed by atoms with Crippen molar-refractivity contribution in [2.75, 3.05) is 6.16 Å². The standard InChI is InChI=1S/C14H20O2P.C9H10/c1-5-6-7-17(16)14(15)13-11(3)8-10(2)9-12(13)4;1-8(2)9-6-4-3-5-7-9/h8-9H,5-7H2,1-4H3;3-7H,1H2,2H3/q+1;. The third-order valence-electron chi connectivity index (χ3n) is 4.10. The summed E-state index contributed by atoms with van der Waals surface area (Å²) < 4.78 is 11.9. The summed E-state index contributed by atoms with van der Waals surface area (Å²) in [6.45, 7) is 13.7. The molecule has 2 aromatic rings. The average Bonchev–Trinajstić information content (AvgIpc) is 2.60. The topological polar surface area (TPSA) is 34.1 Å². The van der Waals surface area contributed by atoms with Gasteiger partial charge in [-0.15, -0.1) is 0 Å². The molecule has 1 atom stereocenters. The lowest BCUT2D eigenvalue weighted by Crippen LogP contribution is -2.02. The van der Waals surface area contributed by atoms with Gasteiger partial charge in [-0.3, -0.25) is 0 Å². The van der Waals surface area contributed by atoms with E-state index in [0.717, 1.165) is 35.1 Å². The van der Waals surface area contributed by atoms with Gasteiger partial charge in [0, 0.05) is 0 Å². The Morgan fingerprint density at radius 3 is 2.00 bits per heavy atom. The number of benzene rings is 2. The van der Waals surface area contributed by atoms with Gasteiger partial charge in [0.05, 0.1) is 5.56 Å². The predicted molar refractivity (Wildman–Crippen MR) is 114 cm³/mol. The molecule has 0 aliphatic rings. The molecule has 0 heterocycles. The first-order chi connectivity index (χ1) is 12.3. The Kier molecular flexibility index (Phi) is 9.16. The van der Waals surface area contributed by atoms with Crippen molar-refractivity contribution < 1.29 is 9.36 Å². The van der Waals surface area contributed by atoms with Crippen molar-refractivity contribution in [1.82, 2.24) is 0 Å². The van der Waals surface area contributed by atoms with Gasteiger partial charge in [0.1, 0.15) is 0 Å². The summed E-state index contributed by atoms with van der Waals surface area (Å²) in [5, 5.41) is 0. The Labute approximate surface area is 159 Å². The maximum absolute atomic E-state index is 12.1. The SMILES string of the molecule is C=C(C)c1ccccc1.CCCC[P+](=O)C(=O)c1c(C)cc(C)cc1C. The van der Waals surface area contributed by atoms with E-state index in [9.17, 15) is 9.36 Å².